The summed E-state index contributed by atoms with van der Waals surface area (Å²) in [7, 11) is 3.95. The van der Waals surface area contributed by atoms with Crippen molar-refractivity contribution in [3.63, 3.8) is 0 Å². The first-order valence-electron chi connectivity index (χ1n) is 13.3. The molecule has 0 aromatic heterocycles. The van der Waals surface area contributed by atoms with Crippen LogP contribution in [0.1, 0.15) is 62.3 Å². The third-order valence-corrected chi connectivity index (χ3v) is 6.90. The third-order valence-electron chi connectivity index (χ3n) is 6.90. The highest BCUT2D eigenvalue weighted by atomic mass is 16.5. The standard InChI is InChI=1S/C30H38N2O5/c1-5-6-7-16-36-24-11-8-10-21(19-24)27-26(29(34)30(35)32(27)15-9-14-31(3)4)28(33)22-12-13-25-23(18-22)17-20(2)37-25/h8,10-13,18-20,27,33H,5-7,9,14-17H2,1-4H3/t20-,27+/m1/s1. The van der Waals surface area contributed by atoms with Crippen LogP contribution in [0.3, 0.4) is 0 Å². The zero-order valence-electron chi connectivity index (χ0n) is 22.3. The van der Waals surface area contributed by atoms with E-state index in [-0.39, 0.29) is 17.4 Å². The Morgan fingerprint density at radius 2 is 1.95 bits per heavy atom. The number of hydrogen-bond donors (Lipinski definition) is 1. The number of aliphatic hydroxyl groups excluding tert-OH is 1. The lowest BCUT2D eigenvalue weighted by Crippen LogP contribution is -2.32. The van der Waals surface area contributed by atoms with E-state index in [1.54, 1.807) is 11.0 Å². The van der Waals surface area contributed by atoms with Gasteiger partial charge in [-0.25, -0.2) is 0 Å². The number of likely N-dealkylation sites (tertiary alicyclic amines) is 1. The molecule has 0 spiro atoms. The summed E-state index contributed by atoms with van der Waals surface area (Å²) in [6.45, 7) is 5.93. The predicted molar refractivity (Wildman–Crippen MR) is 144 cm³/mol. The number of carbonyl (C=O) groups is 2. The van der Waals surface area contributed by atoms with Crippen LogP contribution in [0.5, 0.6) is 11.5 Å². The van der Waals surface area contributed by atoms with Gasteiger partial charge in [-0.05, 0) is 81.9 Å². The molecule has 37 heavy (non-hydrogen) atoms. The van der Waals surface area contributed by atoms with E-state index in [1.807, 2.05) is 62.3 Å². The number of nitrogens with zero attached hydrogens (tertiary/aromatic N) is 2. The third kappa shape index (κ3) is 5.99. The van der Waals surface area contributed by atoms with Gasteiger partial charge in [0.1, 0.15) is 23.4 Å². The maximum Gasteiger partial charge on any atom is 0.295 e. The van der Waals surface area contributed by atoms with Gasteiger partial charge in [-0.3, -0.25) is 9.59 Å². The number of benzene rings is 2. The molecule has 0 radical (unpaired) electrons. The predicted octanol–water partition coefficient (Wildman–Crippen LogP) is 4.95. The first-order chi connectivity index (χ1) is 17.8. The van der Waals surface area contributed by atoms with Gasteiger partial charge in [-0.15, -0.1) is 0 Å². The number of ketones is 1. The van der Waals surface area contributed by atoms with Crippen molar-refractivity contribution in [1.29, 1.82) is 0 Å². The average Bonchev–Trinajstić information content (AvgIpc) is 3.37. The van der Waals surface area contributed by atoms with Crippen molar-refractivity contribution in [2.45, 2.75) is 58.1 Å². The molecule has 1 fully saturated rings. The second-order valence-corrected chi connectivity index (χ2v) is 10.2. The number of ether oxygens (including phenoxy) is 2. The van der Waals surface area contributed by atoms with Crippen molar-refractivity contribution < 1.29 is 24.2 Å². The van der Waals surface area contributed by atoms with E-state index in [2.05, 4.69) is 6.92 Å². The van der Waals surface area contributed by atoms with Crippen LogP contribution in [0.2, 0.25) is 0 Å². The van der Waals surface area contributed by atoms with E-state index in [0.717, 1.165) is 49.1 Å². The van der Waals surface area contributed by atoms with E-state index in [0.29, 0.717) is 30.9 Å². The van der Waals surface area contributed by atoms with Crippen molar-refractivity contribution in [2.75, 3.05) is 33.8 Å². The minimum atomic E-state index is -0.690. The zero-order chi connectivity index (χ0) is 26.5. The SMILES string of the molecule is CCCCCOc1cccc([C@H]2C(=C(O)c3ccc4c(c3)C[C@@H](C)O4)C(=O)C(=O)N2CCCN(C)C)c1. The lowest BCUT2D eigenvalue weighted by Gasteiger charge is -2.26. The molecule has 1 saturated heterocycles. The largest absolute Gasteiger partial charge is 0.507 e. The van der Waals surface area contributed by atoms with Crippen LogP contribution >= 0.6 is 0 Å². The first-order valence-corrected chi connectivity index (χ1v) is 13.3. The van der Waals surface area contributed by atoms with Gasteiger partial charge in [0.15, 0.2) is 0 Å². The van der Waals surface area contributed by atoms with E-state index >= 15 is 0 Å². The molecule has 1 N–H and O–H groups in total. The van der Waals surface area contributed by atoms with Gasteiger partial charge in [0.25, 0.3) is 11.7 Å². The maximum atomic E-state index is 13.4. The van der Waals surface area contributed by atoms with Crippen LogP contribution in [0, 0.1) is 0 Å². The molecule has 0 saturated carbocycles. The van der Waals surface area contributed by atoms with Crippen LogP contribution in [-0.2, 0) is 16.0 Å². The second-order valence-electron chi connectivity index (χ2n) is 10.2. The summed E-state index contributed by atoms with van der Waals surface area (Å²) >= 11 is 0. The molecular weight excluding hydrogens is 468 g/mol. The van der Waals surface area contributed by atoms with Gasteiger partial charge >= 0.3 is 0 Å². The Kier molecular flexibility index (Phi) is 8.54. The number of fused-ring (bicyclic) bond motifs is 1. The van der Waals surface area contributed by atoms with Gasteiger partial charge in [0.05, 0.1) is 18.2 Å². The van der Waals surface area contributed by atoms with Crippen molar-refractivity contribution in [3.8, 4) is 11.5 Å². The molecule has 2 aromatic carbocycles. The van der Waals surface area contributed by atoms with Crippen molar-refractivity contribution >= 4 is 17.4 Å². The summed E-state index contributed by atoms with van der Waals surface area (Å²) in [5.41, 5.74) is 2.36. The molecule has 0 aliphatic carbocycles. The fourth-order valence-corrected chi connectivity index (χ4v) is 5.06. The fourth-order valence-electron chi connectivity index (χ4n) is 5.06. The van der Waals surface area contributed by atoms with E-state index < -0.39 is 17.7 Å². The minimum absolute atomic E-state index is 0.0646. The van der Waals surface area contributed by atoms with Crippen LogP contribution in [0.4, 0.5) is 0 Å². The molecule has 2 aromatic rings. The Bertz CT molecular complexity index is 1170. The maximum absolute atomic E-state index is 13.4. The van der Waals surface area contributed by atoms with E-state index in [1.165, 1.54) is 0 Å². The van der Waals surface area contributed by atoms with E-state index in [9.17, 15) is 14.7 Å². The lowest BCUT2D eigenvalue weighted by atomic mass is 9.94. The molecule has 2 heterocycles. The minimum Gasteiger partial charge on any atom is -0.507 e. The molecule has 0 bridgehead atoms. The molecule has 1 amide bonds. The van der Waals surface area contributed by atoms with Crippen LogP contribution in [0.25, 0.3) is 5.76 Å². The van der Waals surface area contributed by atoms with Crippen LogP contribution < -0.4 is 9.47 Å². The van der Waals surface area contributed by atoms with Crippen molar-refractivity contribution in [1.82, 2.24) is 9.80 Å². The lowest BCUT2D eigenvalue weighted by molar-refractivity contribution is -0.139. The highest BCUT2D eigenvalue weighted by Gasteiger charge is 2.46. The normalized spacial score (nSPS) is 20.4. The number of amides is 1. The summed E-state index contributed by atoms with van der Waals surface area (Å²) in [5.74, 6) is 0.0771. The number of unbranched alkanes of at least 4 members (excludes halogenated alkanes) is 2. The van der Waals surface area contributed by atoms with Crippen LogP contribution in [-0.4, -0.2) is 66.5 Å². The smallest absolute Gasteiger partial charge is 0.295 e. The van der Waals surface area contributed by atoms with Gasteiger partial charge in [-0.1, -0.05) is 31.9 Å². The Morgan fingerprint density at radius 1 is 1.14 bits per heavy atom. The van der Waals surface area contributed by atoms with Crippen molar-refractivity contribution in [2.24, 2.45) is 0 Å². The van der Waals surface area contributed by atoms with Gasteiger partial charge in [-0.2, -0.15) is 0 Å². The summed E-state index contributed by atoms with van der Waals surface area (Å²) in [6, 6.07) is 12.3. The molecule has 198 valence electrons. The molecule has 0 unspecified atom stereocenters. The highest BCUT2D eigenvalue weighted by Crippen LogP contribution is 2.41. The second kappa shape index (κ2) is 11.8. The Morgan fingerprint density at radius 3 is 2.70 bits per heavy atom. The molecule has 2 atom stereocenters. The molecule has 2 aliphatic heterocycles. The topological polar surface area (TPSA) is 79.3 Å². The summed E-state index contributed by atoms with van der Waals surface area (Å²) < 4.78 is 11.8. The Labute approximate surface area is 219 Å². The Hall–Kier alpha value is -3.32. The van der Waals surface area contributed by atoms with Crippen molar-refractivity contribution in [3.05, 3.63) is 64.7 Å². The number of aliphatic hydroxyl groups is 1. The zero-order valence-corrected chi connectivity index (χ0v) is 22.3. The molecular formula is C30H38N2O5. The number of hydrogen-bond acceptors (Lipinski definition) is 6. The van der Waals surface area contributed by atoms with Gasteiger partial charge in [0.2, 0.25) is 0 Å². The quantitative estimate of drug-likeness (QED) is 0.201. The average molecular weight is 507 g/mol. The molecule has 2 aliphatic rings. The molecule has 4 rings (SSSR count). The summed E-state index contributed by atoms with van der Waals surface area (Å²) in [6.07, 6.45) is 4.67. The van der Waals surface area contributed by atoms with Gasteiger partial charge < -0.3 is 24.4 Å². The number of carbonyl (C=O) groups excluding carboxylic acids is 2. The molecule has 7 nitrogen and oxygen atoms in total. The summed E-state index contributed by atoms with van der Waals surface area (Å²) in [5, 5.41) is 11.4. The molecule has 7 heteroatoms. The summed E-state index contributed by atoms with van der Waals surface area (Å²) in [4.78, 5) is 30.2. The Balaban J connectivity index is 1.72. The number of Topliss-reactive ketones (excluding diaryl/α,β-unsaturated/α-hetero) is 1. The van der Waals surface area contributed by atoms with E-state index in [4.69, 9.17) is 9.47 Å². The highest BCUT2D eigenvalue weighted by molar-refractivity contribution is 6.46. The monoisotopic (exact) mass is 506 g/mol. The number of rotatable bonds is 11. The van der Waals surface area contributed by atoms with Gasteiger partial charge in [0, 0.05) is 18.5 Å². The first kappa shape index (κ1) is 26.7. The fraction of sp³-hybridized carbons (Fsp3) is 0.467. The van der Waals surface area contributed by atoms with Crippen LogP contribution in [0.15, 0.2) is 48.0 Å².